The molecule has 0 radical (unpaired) electrons. The van der Waals surface area contributed by atoms with Crippen molar-refractivity contribution in [3.05, 3.63) is 64.1 Å². The van der Waals surface area contributed by atoms with Crippen molar-refractivity contribution < 1.29 is 14.3 Å². The number of esters is 1. The Kier molecular flexibility index (Phi) is 2.67. The Hall–Kier alpha value is -1.81. The number of halogens is 1. The van der Waals surface area contributed by atoms with E-state index in [1.54, 1.807) is 0 Å². The first-order chi connectivity index (χ1) is 10.2. The van der Waals surface area contributed by atoms with Gasteiger partial charge in [0.1, 0.15) is 17.3 Å². The summed E-state index contributed by atoms with van der Waals surface area (Å²) in [6.45, 7) is 0. The number of carbonyl (C=O) groups is 1. The third kappa shape index (κ3) is 1.57. The van der Waals surface area contributed by atoms with E-state index < -0.39 is 5.41 Å². The second-order valence-corrected chi connectivity index (χ2v) is 6.34. The van der Waals surface area contributed by atoms with Gasteiger partial charge in [0, 0.05) is 10.0 Å². The molecule has 21 heavy (non-hydrogen) atoms. The van der Waals surface area contributed by atoms with Crippen LogP contribution < -0.4 is 4.74 Å². The van der Waals surface area contributed by atoms with Gasteiger partial charge in [-0.1, -0.05) is 46.3 Å². The summed E-state index contributed by atoms with van der Waals surface area (Å²) in [6, 6.07) is 15.7. The molecule has 0 aromatic heterocycles. The summed E-state index contributed by atoms with van der Waals surface area (Å²) >= 11 is 3.43. The Morgan fingerprint density at radius 2 is 1.90 bits per heavy atom. The predicted molar refractivity (Wildman–Crippen MR) is 81.4 cm³/mol. The first-order valence-electron chi connectivity index (χ1n) is 6.79. The molecule has 1 aliphatic heterocycles. The highest BCUT2D eigenvalue weighted by Gasteiger charge is 2.77. The van der Waals surface area contributed by atoms with E-state index in [0.29, 0.717) is 0 Å². The fourth-order valence-electron chi connectivity index (χ4n) is 3.51. The van der Waals surface area contributed by atoms with E-state index in [9.17, 15) is 4.79 Å². The number of hydrogen-bond donors (Lipinski definition) is 0. The molecule has 4 rings (SSSR count). The van der Waals surface area contributed by atoms with Gasteiger partial charge in [0.05, 0.1) is 13.0 Å². The molecule has 0 unspecified atom stereocenters. The van der Waals surface area contributed by atoms with Crippen LogP contribution in [0.3, 0.4) is 0 Å². The maximum Gasteiger partial charge on any atom is 0.320 e. The zero-order chi connectivity index (χ0) is 14.6. The maximum atomic E-state index is 12.5. The third-order valence-electron chi connectivity index (χ3n) is 4.49. The Morgan fingerprint density at radius 3 is 2.62 bits per heavy atom. The molecule has 2 aromatic carbocycles. The quantitative estimate of drug-likeness (QED) is 0.783. The number of fused-ring (bicyclic) bond motifs is 3. The average molecular weight is 345 g/mol. The van der Waals surface area contributed by atoms with E-state index in [1.165, 1.54) is 7.11 Å². The fourth-order valence-corrected chi connectivity index (χ4v) is 3.77. The molecule has 1 aliphatic carbocycles. The van der Waals surface area contributed by atoms with Crippen LogP contribution >= 0.6 is 15.9 Å². The minimum atomic E-state index is -0.705. The molecule has 3 nitrogen and oxygen atoms in total. The van der Waals surface area contributed by atoms with Gasteiger partial charge in [0.15, 0.2) is 0 Å². The molecule has 0 saturated heterocycles. The molecule has 2 aromatic rings. The highest BCUT2D eigenvalue weighted by Crippen LogP contribution is 2.68. The number of carbonyl (C=O) groups excluding carboxylic acids is 1. The van der Waals surface area contributed by atoms with E-state index in [-0.39, 0.29) is 18.0 Å². The number of ether oxygens (including phenoxy) is 2. The van der Waals surface area contributed by atoms with E-state index in [4.69, 9.17) is 9.47 Å². The van der Waals surface area contributed by atoms with E-state index >= 15 is 0 Å². The molecule has 0 bridgehead atoms. The van der Waals surface area contributed by atoms with E-state index in [1.807, 2.05) is 48.5 Å². The minimum Gasteiger partial charge on any atom is -0.488 e. The highest BCUT2D eigenvalue weighted by atomic mass is 79.9. The first kappa shape index (κ1) is 12.9. The largest absolute Gasteiger partial charge is 0.488 e. The molecular weight excluding hydrogens is 332 g/mol. The molecule has 0 amide bonds. The van der Waals surface area contributed by atoms with Crippen molar-refractivity contribution in [1.29, 1.82) is 0 Å². The van der Waals surface area contributed by atoms with Gasteiger partial charge >= 0.3 is 5.97 Å². The van der Waals surface area contributed by atoms with Crippen molar-refractivity contribution in [2.75, 3.05) is 7.11 Å². The SMILES string of the molecule is COC(=O)[C@@]1(c2ccc(Br)cc2)[C@@H]2c3ccccc3O[C@@H]21. The van der Waals surface area contributed by atoms with Gasteiger partial charge in [-0.3, -0.25) is 4.79 Å². The van der Waals surface area contributed by atoms with Crippen molar-refractivity contribution >= 4 is 21.9 Å². The molecule has 0 N–H and O–H groups in total. The van der Waals surface area contributed by atoms with E-state index in [2.05, 4.69) is 15.9 Å². The van der Waals surface area contributed by atoms with Crippen molar-refractivity contribution in [1.82, 2.24) is 0 Å². The van der Waals surface area contributed by atoms with Crippen LogP contribution in [-0.2, 0) is 14.9 Å². The molecule has 1 saturated carbocycles. The molecule has 3 atom stereocenters. The summed E-state index contributed by atoms with van der Waals surface area (Å²) in [4.78, 5) is 12.5. The molecule has 4 heteroatoms. The lowest BCUT2D eigenvalue weighted by Crippen LogP contribution is -2.30. The standard InChI is InChI=1S/C17H13BrO3/c1-20-16(19)17(10-6-8-11(18)9-7-10)14-12-4-2-3-5-13(12)21-15(14)17/h2-9,14-15H,1H3/t14-,15+,17+/m1/s1. The monoisotopic (exact) mass is 344 g/mol. The van der Waals surface area contributed by atoms with Gasteiger partial charge < -0.3 is 9.47 Å². The lowest BCUT2D eigenvalue weighted by atomic mass is 9.89. The van der Waals surface area contributed by atoms with E-state index in [0.717, 1.165) is 21.3 Å². The van der Waals surface area contributed by atoms with Crippen LogP contribution in [0.5, 0.6) is 5.75 Å². The lowest BCUT2D eigenvalue weighted by Gasteiger charge is -2.19. The van der Waals surface area contributed by atoms with Gasteiger partial charge in [-0.05, 0) is 23.8 Å². The zero-order valence-corrected chi connectivity index (χ0v) is 13.0. The molecule has 2 aliphatic rings. The average Bonchev–Trinajstić information content (AvgIpc) is 3.00. The van der Waals surface area contributed by atoms with Crippen LogP contribution in [0.4, 0.5) is 0 Å². The summed E-state index contributed by atoms with van der Waals surface area (Å²) in [6.07, 6.45) is -0.163. The zero-order valence-electron chi connectivity index (χ0n) is 11.4. The van der Waals surface area contributed by atoms with Gasteiger partial charge in [0.2, 0.25) is 0 Å². The normalized spacial score (nSPS) is 28.3. The smallest absolute Gasteiger partial charge is 0.320 e. The Morgan fingerprint density at radius 1 is 1.19 bits per heavy atom. The van der Waals surface area contributed by atoms with Crippen molar-refractivity contribution in [2.24, 2.45) is 0 Å². The summed E-state index contributed by atoms with van der Waals surface area (Å²) < 4.78 is 12.1. The first-order valence-corrected chi connectivity index (χ1v) is 7.59. The van der Waals surface area contributed by atoms with Crippen molar-refractivity contribution in [3.8, 4) is 5.75 Å². The number of methoxy groups -OCH3 is 1. The Balaban J connectivity index is 1.84. The van der Waals surface area contributed by atoms with Gasteiger partial charge in [-0.2, -0.15) is 0 Å². The molecule has 0 spiro atoms. The Labute approximate surface area is 131 Å². The Bertz CT molecular complexity index is 725. The topological polar surface area (TPSA) is 35.5 Å². The summed E-state index contributed by atoms with van der Waals surface area (Å²) in [5, 5.41) is 0. The van der Waals surface area contributed by atoms with Crippen LogP contribution in [0, 0.1) is 0 Å². The van der Waals surface area contributed by atoms with Crippen molar-refractivity contribution in [3.63, 3.8) is 0 Å². The van der Waals surface area contributed by atoms with Crippen LogP contribution in [0.25, 0.3) is 0 Å². The molecule has 1 fully saturated rings. The van der Waals surface area contributed by atoms with Crippen LogP contribution in [0.1, 0.15) is 17.0 Å². The second-order valence-electron chi connectivity index (χ2n) is 5.42. The minimum absolute atomic E-state index is 0.0438. The summed E-state index contributed by atoms with van der Waals surface area (Å²) in [5.74, 6) is 0.695. The molecule has 106 valence electrons. The van der Waals surface area contributed by atoms with Gasteiger partial charge in [-0.25, -0.2) is 0 Å². The number of rotatable bonds is 2. The van der Waals surface area contributed by atoms with Crippen LogP contribution in [0.15, 0.2) is 53.0 Å². The fraction of sp³-hybridized carbons (Fsp3) is 0.235. The maximum absolute atomic E-state index is 12.5. The number of para-hydroxylation sites is 1. The predicted octanol–water partition coefficient (Wildman–Crippen LogP) is 3.42. The number of benzene rings is 2. The third-order valence-corrected chi connectivity index (χ3v) is 5.01. The summed E-state index contributed by atoms with van der Waals surface area (Å²) in [7, 11) is 1.43. The lowest BCUT2D eigenvalue weighted by molar-refractivity contribution is -0.144. The molecule has 1 heterocycles. The van der Waals surface area contributed by atoms with Crippen LogP contribution in [0.2, 0.25) is 0 Å². The number of hydrogen-bond acceptors (Lipinski definition) is 3. The highest BCUT2D eigenvalue weighted by molar-refractivity contribution is 9.10. The van der Waals surface area contributed by atoms with Gasteiger partial charge in [0.25, 0.3) is 0 Å². The molecular formula is C17H13BrO3. The van der Waals surface area contributed by atoms with Crippen LogP contribution in [-0.4, -0.2) is 19.2 Å². The van der Waals surface area contributed by atoms with Gasteiger partial charge in [-0.15, -0.1) is 0 Å². The van der Waals surface area contributed by atoms with Crippen molar-refractivity contribution in [2.45, 2.75) is 17.4 Å². The summed E-state index contributed by atoms with van der Waals surface area (Å²) in [5.41, 5.74) is 1.34. The second kappa shape index (κ2) is 4.34.